The fourth-order valence-corrected chi connectivity index (χ4v) is 6.32. The highest BCUT2D eigenvalue weighted by atomic mass is 31.1. The lowest BCUT2D eigenvalue weighted by Crippen LogP contribution is -2.43. The van der Waals surface area contributed by atoms with Crippen molar-refractivity contribution < 1.29 is 38.4 Å². The molecule has 0 aromatic rings. The van der Waals surface area contributed by atoms with Crippen LogP contribution in [0.4, 0.5) is 0 Å². The Morgan fingerprint density at radius 1 is 0.804 bits per heavy atom. The minimum Gasteiger partial charge on any atom is -0.394 e. The zero-order valence-corrected chi connectivity index (χ0v) is 29.6. The van der Waals surface area contributed by atoms with Crippen molar-refractivity contribution in [1.82, 2.24) is 10.2 Å². The number of hydrogen-bond donors (Lipinski definition) is 3. The molecule has 268 valence electrons. The molecule has 0 radical (unpaired) electrons. The van der Waals surface area contributed by atoms with Gasteiger partial charge in [-0.1, -0.05) is 122 Å². The van der Waals surface area contributed by atoms with Crippen LogP contribution in [0.2, 0.25) is 0 Å². The molecule has 5 unspecified atom stereocenters. The zero-order chi connectivity index (χ0) is 33.5. The van der Waals surface area contributed by atoms with Gasteiger partial charge in [0.2, 0.25) is 12.3 Å². The van der Waals surface area contributed by atoms with Gasteiger partial charge in [-0.05, 0) is 25.3 Å². The summed E-state index contributed by atoms with van der Waals surface area (Å²) >= 11 is 0. The first-order valence-electron chi connectivity index (χ1n) is 18.2. The first-order chi connectivity index (χ1) is 22.6. The quantitative estimate of drug-likeness (QED) is 0.0298. The number of carbonyl (C=O) groups excluding carboxylic acids is 3. The van der Waals surface area contributed by atoms with Crippen molar-refractivity contribution >= 4 is 27.6 Å². The van der Waals surface area contributed by atoms with E-state index in [1.54, 1.807) is 0 Å². The molecule has 1 aliphatic rings. The summed E-state index contributed by atoms with van der Waals surface area (Å²) in [6, 6.07) is 0. The third-order valence-corrected chi connectivity index (χ3v) is 9.00. The number of amides is 2. The maximum absolute atomic E-state index is 12.2. The summed E-state index contributed by atoms with van der Waals surface area (Å²) in [6.45, 7) is 2.93. The SMILES string of the molecule is CCCCCCCCCCCCCCCCCCCC(=O)NCCCCCCOC1C(OPO)C(CO)OC1N(C=O)/C=C\C=O. The maximum atomic E-state index is 12.2. The van der Waals surface area contributed by atoms with Crippen molar-refractivity contribution in [3.05, 3.63) is 12.3 Å². The smallest absolute Gasteiger partial charge is 0.219 e. The van der Waals surface area contributed by atoms with E-state index in [-0.39, 0.29) is 12.5 Å². The highest BCUT2D eigenvalue weighted by Gasteiger charge is 2.48. The van der Waals surface area contributed by atoms with Gasteiger partial charge in [0.15, 0.2) is 15.3 Å². The number of unbranched alkanes of at least 4 members (excludes halogenated alkanes) is 19. The number of rotatable bonds is 33. The zero-order valence-electron chi connectivity index (χ0n) is 28.6. The van der Waals surface area contributed by atoms with Crippen LogP contribution in [0.5, 0.6) is 0 Å². The van der Waals surface area contributed by atoms with E-state index in [1.165, 1.54) is 103 Å². The minimum atomic E-state index is -0.901. The Morgan fingerprint density at radius 3 is 1.87 bits per heavy atom. The summed E-state index contributed by atoms with van der Waals surface area (Å²) in [7, 11) is -0.834. The molecule has 10 nitrogen and oxygen atoms in total. The number of hydrogen-bond acceptors (Lipinski definition) is 8. The molecule has 1 saturated heterocycles. The van der Waals surface area contributed by atoms with Gasteiger partial charge >= 0.3 is 0 Å². The average molecular weight is 673 g/mol. The molecule has 1 heterocycles. The highest BCUT2D eigenvalue weighted by Crippen LogP contribution is 2.32. The van der Waals surface area contributed by atoms with Gasteiger partial charge in [-0.2, -0.15) is 0 Å². The summed E-state index contributed by atoms with van der Waals surface area (Å²) in [5.41, 5.74) is 0. The van der Waals surface area contributed by atoms with Gasteiger partial charge in [0.05, 0.1) is 6.61 Å². The van der Waals surface area contributed by atoms with E-state index < -0.39 is 33.6 Å². The molecule has 0 aliphatic carbocycles. The van der Waals surface area contributed by atoms with Crippen LogP contribution in [-0.2, 0) is 28.4 Å². The third kappa shape index (κ3) is 20.7. The molecule has 2 amide bonds. The Labute approximate surface area is 280 Å². The Hall–Kier alpha value is -1.42. The molecule has 0 spiro atoms. The van der Waals surface area contributed by atoms with Crippen LogP contribution < -0.4 is 5.32 Å². The highest BCUT2D eigenvalue weighted by molar-refractivity contribution is 7.25. The van der Waals surface area contributed by atoms with E-state index >= 15 is 0 Å². The monoisotopic (exact) mass is 672 g/mol. The second-order valence-corrected chi connectivity index (χ2v) is 12.9. The first-order valence-corrected chi connectivity index (χ1v) is 19.0. The number of aldehydes is 1. The predicted molar refractivity (Wildman–Crippen MR) is 184 cm³/mol. The molecule has 3 N–H and O–H groups in total. The summed E-state index contributed by atoms with van der Waals surface area (Å²) in [4.78, 5) is 44.9. The number of aliphatic hydroxyl groups excluding tert-OH is 1. The molecular weight excluding hydrogens is 607 g/mol. The van der Waals surface area contributed by atoms with Crippen LogP contribution in [0.1, 0.15) is 148 Å². The molecule has 0 aromatic carbocycles. The molecule has 0 bridgehead atoms. The van der Waals surface area contributed by atoms with Crippen molar-refractivity contribution in [2.75, 3.05) is 19.8 Å². The van der Waals surface area contributed by atoms with Crippen LogP contribution in [0.25, 0.3) is 0 Å². The minimum absolute atomic E-state index is 0.133. The van der Waals surface area contributed by atoms with Crippen molar-refractivity contribution in [2.24, 2.45) is 0 Å². The molecule has 11 heteroatoms. The molecule has 5 atom stereocenters. The van der Waals surface area contributed by atoms with E-state index in [2.05, 4.69) is 12.2 Å². The molecular formula is C35H65N2O8P. The van der Waals surface area contributed by atoms with Crippen LogP contribution >= 0.6 is 9.03 Å². The van der Waals surface area contributed by atoms with Crippen molar-refractivity contribution in [2.45, 2.75) is 173 Å². The fourth-order valence-electron chi connectivity index (χ4n) is 5.92. The van der Waals surface area contributed by atoms with Gasteiger partial charge in [-0.3, -0.25) is 19.3 Å². The maximum Gasteiger partial charge on any atom is 0.219 e. The van der Waals surface area contributed by atoms with E-state index in [9.17, 15) is 24.4 Å². The lowest BCUT2D eigenvalue weighted by Gasteiger charge is -2.27. The van der Waals surface area contributed by atoms with E-state index in [0.717, 1.165) is 49.5 Å². The Kier molecular flexibility index (Phi) is 28.6. The lowest BCUT2D eigenvalue weighted by molar-refractivity contribution is -0.136. The Balaban J connectivity index is 2.01. The summed E-state index contributed by atoms with van der Waals surface area (Å²) in [5, 5.41) is 12.7. The second-order valence-electron chi connectivity index (χ2n) is 12.5. The van der Waals surface area contributed by atoms with Gasteiger partial charge in [0.1, 0.15) is 24.6 Å². The second kappa shape index (κ2) is 30.9. The van der Waals surface area contributed by atoms with Crippen LogP contribution in [0.15, 0.2) is 12.3 Å². The third-order valence-electron chi connectivity index (χ3n) is 8.62. The summed E-state index contributed by atoms with van der Waals surface area (Å²) in [5.74, 6) is 0.133. The van der Waals surface area contributed by atoms with Crippen LogP contribution in [0.3, 0.4) is 0 Å². The Bertz CT molecular complexity index is 775. The lowest BCUT2D eigenvalue weighted by atomic mass is 10.0. The van der Waals surface area contributed by atoms with Crippen molar-refractivity contribution in [3.63, 3.8) is 0 Å². The first kappa shape index (κ1) is 42.6. The predicted octanol–water partition coefficient (Wildman–Crippen LogP) is 6.86. The van der Waals surface area contributed by atoms with Crippen LogP contribution in [-0.4, -0.2) is 77.8 Å². The normalized spacial score (nSPS) is 19.8. The standard InChI is InChI=1S/C35H65N2O8P/c1-2-3-4-5-6-7-8-9-10-11-12-13-14-15-16-17-20-24-32(41)36-25-21-18-19-22-28-43-34-33(45-46-42)31(29-39)44-35(34)37(30-40)26-23-27-38/h23,26-27,30-31,33-35,39,42,46H,2-22,24-25,28-29H2,1H3,(H,36,41)/b26-23-. The molecule has 1 fully saturated rings. The number of allylic oxidation sites excluding steroid dienone is 1. The molecule has 46 heavy (non-hydrogen) atoms. The van der Waals surface area contributed by atoms with E-state index in [4.69, 9.17) is 14.0 Å². The summed E-state index contributed by atoms with van der Waals surface area (Å²) in [6.07, 6.45) is 27.0. The fraction of sp³-hybridized carbons (Fsp3) is 0.857. The summed E-state index contributed by atoms with van der Waals surface area (Å²) < 4.78 is 17.1. The van der Waals surface area contributed by atoms with E-state index in [1.807, 2.05) is 0 Å². The van der Waals surface area contributed by atoms with Gasteiger partial charge in [0, 0.05) is 25.8 Å². The number of carbonyl (C=O) groups is 3. The van der Waals surface area contributed by atoms with Crippen molar-refractivity contribution in [1.29, 1.82) is 0 Å². The van der Waals surface area contributed by atoms with Gasteiger partial charge in [-0.15, -0.1) is 0 Å². The van der Waals surface area contributed by atoms with Gasteiger partial charge in [0.25, 0.3) is 0 Å². The number of aliphatic hydroxyl groups is 1. The van der Waals surface area contributed by atoms with Gasteiger partial charge in [-0.25, -0.2) is 0 Å². The number of nitrogens with one attached hydrogen (secondary N) is 1. The van der Waals surface area contributed by atoms with Gasteiger partial charge < -0.3 is 29.3 Å². The largest absolute Gasteiger partial charge is 0.394 e. The van der Waals surface area contributed by atoms with E-state index in [0.29, 0.717) is 32.3 Å². The van der Waals surface area contributed by atoms with Crippen molar-refractivity contribution in [3.8, 4) is 0 Å². The number of nitrogens with zero attached hydrogens (tertiary/aromatic N) is 1. The average Bonchev–Trinajstić information content (AvgIpc) is 3.41. The Morgan fingerprint density at radius 2 is 1.35 bits per heavy atom. The topological polar surface area (TPSA) is 135 Å². The number of ether oxygens (including phenoxy) is 2. The molecule has 0 aromatic heterocycles. The van der Waals surface area contributed by atoms with Crippen LogP contribution in [0, 0.1) is 0 Å². The molecule has 1 aliphatic heterocycles. The molecule has 0 saturated carbocycles. The molecule has 1 rings (SSSR count).